The van der Waals surface area contributed by atoms with Crippen molar-refractivity contribution in [2.75, 3.05) is 0 Å². The van der Waals surface area contributed by atoms with E-state index in [0.29, 0.717) is 12.2 Å². The maximum atomic E-state index is 11.6. The smallest absolute Gasteiger partial charge is 0.166 e. The standard InChI is InChI=1S/C11H11NO/c13-10-5-7-12-6-4-8-2-1-3-9(10)11(8)12/h3-4,6H,1-2,5,7H2. The lowest BCUT2D eigenvalue weighted by atomic mass is 9.91. The second-order valence-electron chi connectivity index (χ2n) is 3.71. The zero-order chi connectivity index (χ0) is 8.84. The van der Waals surface area contributed by atoms with Crippen molar-refractivity contribution in [1.82, 2.24) is 4.57 Å². The maximum absolute atomic E-state index is 11.6. The van der Waals surface area contributed by atoms with E-state index in [0.717, 1.165) is 25.0 Å². The van der Waals surface area contributed by atoms with Crippen LogP contribution < -0.4 is 0 Å². The van der Waals surface area contributed by atoms with Crippen LogP contribution in [0.3, 0.4) is 0 Å². The van der Waals surface area contributed by atoms with Crippen LogP contribution in [-0.2, 0) is 17.8 Å². The van der Waals surface area contributed by atoms with Crippen LogP contribution in [0.1, 0.15) is 24.1 Å². The van der Waals surface area contributed by atoms with E-state index in [1.165, 1.54) is 11.3 Å². The van der Waals surface area contributed by atoms with Gasteiger partial charge in [-0.2, -0.15) is 0 Å². The zero-order valence-electron chi connectivity index (χ0n) is 7.42. The molecule has 1 aliphatic carbocycles. The Balaban J connectivity index is 2.28. The quantitative estimate of drug-likeness (QED) is 0.586. The van der Waals surface area contributed by atoms with Gasteiger partial charge >= 0.3 is 0 Å². The largest absolute Gasteiger partial charge is 0.347 e. The Morgan fingerprint density at radius 3 is 3.15 bits per heavy atom. The molecule has 0 radical (unpaired) electrons. The molecule has 2 heteroatoms. The van der Waals surface area contributed by atoms with Crippen LogP contribution in [0.25, 0.3) is 5.57 Å². The minimum Gasteiger partial charge on any atom is -0.347 e. The number of ketones is 1. The predicted octanol–water partition coefficient (Wildman–Crippen LogP) is 1.79. The molecular weight excluding hydrogens is 162 g/mol. The van der Waals surface area contributed by atoms with Crippen LogP contribution in [0.2, 0.25) is 0 Å². The molecule has 66 valence electrons. The zero-order valence-corrected chi connectivity index (χ0v) is 7.42. The van der Waals surface area contributed by atoms with Gasteiger partial charge in [-0.3, -0.25) is 4.79 Å². The van der Waals surface area contributed by atoms with E-state index in [9.17, 15) is 4.79 Å². The molecule has 0 spiro atoms. The fraction of sp³-hybridized carbons (Fsp3) is 0.364. The molecule has 0 unspecified atom stereocenters. The molecule has 0 saturated carbocycles. The predicted molar refractivity (Wildman–Crippen MR) is 50.4 cm³/mol. The lowest BCUT2D eigenvalue weighted by Gasteiger charge is -2.21. The number of carbonyl (C=O) groups excluding carboxylic acids is 1. The van der Waals surface area contributed by atoms with E-state index in [2.05, 4.69) is 22.9 Å². The number of carbonyl (C=O) groups is 1. The minimum atomic E-state index is 0.326. The molecule has 1 aliphatic heterocycles. The van der Waals surface area contributed by atoms with Gasteiger partial charge in [-0.15, -0.1) is 0 Å². The van der Waals surface area contributed by atoms with Gasteiger partial charge in [-0.05, 0) is 24.5 Å². The molecule has 0 N–H and O–H groups in total. The third-order valence-corrected chi connectivity index (χ3v) is 2.94. The number of hydrogen-bond acceptors (Lipinski definition) is 1. The number of allylic oxidation sites excluding steroid dienone is 2. The Bertz CT molecular complexity index is 412. The molecule has 3 rings (SSSR count). The van der Waals surface area contributed by atoms with E-state index in [1.807, 2.05) is 0 Å². The highest BCUT2D eigenvalue weighted by Gasteiger charge is 2.25. The van der Waals surface area contributed by atoms with E-state index >= 15 is 0 Å². The average molecular weight is 173 g/mol. The monoisotopic (exact) mass is 173 g/mol. The van der Waals surface area contributed by atoms with Gasteiger partial charge in [0.15, 0.2) is 5.78 Å². The first-order valence-corrected chi connectivity index (χ1v) is 4.78. The number of aromatic nitrogens is 1. The molecular formula is C11H11NO. The minimum absolute atomic E-state index is 0.326. The summed E-state index contributed by atoms with van der Waals surface area (Å²) in [6.07, 6.45) is 7.00. The molecule has 0 aromatic carbocycles. The normalized spacial score (nSPS) is 19.7. The summed E-state index contributed by atoms with van der Waals surface area (Å²) >= 11 is 0. The van der Waals surface area contributed by atoms with Gasteiger partial charge in [0, 0.05) is 24.7 Å². The van der Waals surface area contributed by atoms with Gasteiger partial charge in [0.1, 0.15) is 0 Å². The molecule has 0 fully saturated rings. The van der Waals surface area contributed by atoms with Crippen LogP contribution in [0.5, 0.6) is 0 Å². The first kappa shape index (κ1) is 7.13. The second kappa shape index (κ2) is 2.34. The highest BCUT2D eigenvalue weighted by molar-refractivity contribution is 6.21. The Morgan fingerprint density at radius 2 is 2.23 bits per heavy atom. The SMILES string of the molecule is O=C1CCn2ccc3c2C1=CCC3. The summed E-state index contributed by atoms with van der Waals surface area (Å²) in [5.41, 5.74) is 3.52. The van der Waals surface area contributed by atoms with Gasteiger partial charge in [0.2, 0.25) is 0 Å². The van der Waals surface area contributed by atoms with Crippen molar-refractivity contribution in [3.8, 4) is 0 Å². The van der Waals surface area contributed by atoms with Crippen molar-refractivity contribution < 1.29 is 4.79 Å². The molecule has 2 aliphatic rings. The van der Waals surface area contributed by atoms with Crippen LogP contribution in [0.4, 0.5) is 0 Å². The summed E-state index contributed by atoms with van der Waals surface area (Å²) in [6, 6.07) is 2.15. The van der Waals surface area contributed by atoms with Crippen molar-refractivity contribution in [3.63, 3.8) is 0 Å². The van der Waals surface area contributed by atoms with Gasteiger partial charge in [0.25, 0.3) is 0 Å². The summed E-state index contributed by atoms with van der Waals surface area (Å²) < 4.78 is 2.21. The number of nitrogens with zero attached hydrogens (tertiary/aromatic N) is 1. The Labute approximate surface area is 76.9 Å². The van der Waals surface area contributed by atoms with Gasteiger partial charge in [-0.1, -0.05) is 6.08 Å². The first-order chi connectivity index (χ1) is 6.36. The number of hydrogen-bond donors (Lipinski definition) is 0. The highest BCUT2D eigenvalue weighted by atomic mass is 16.1. The van der Waals surface area contributed by atoms with Crippen molar-refractivity contribution in [2.45, 2.75) is 25.8 Å². The fourth-order valence-electron chi connectivity index (χ4n) is 2.30. The van der Waals surface area contributed by atoms with Crippen LogP contribution in [0.15, 0.2) is 18.3 Å². The van der Waals surface area contributed by atoms with E-state index in [4.69, 9.17) is 0 Å². The lowest BCUT2D eigenvalue weighted by molar-refractivity contribution is -0.114. The number of aryl methyl sites for hydroxylation is 2. The molecule has 2 nitrogen and oxygen atoms in total. The number of Topliss-reactive ketones (excluding diaryl/α,β-unsaturated/α-hetero) is 1. The third kappa shape index (κ3) is 0.857. The third-order valence-electron chi connectivity index (χ3n) is 2.94. The molecule has 2 heterocycles. The summed E-state index contributed by atoms with van der Waals surface area (Å²) in [5.74, 6) is 0.326. The molecule has 1 aromatic rings. The van der Waals surface area contributed by atoms with Crippen molar-refractivity contribution in [3.05, 3.63) is 29.6 Å². The Kier molecular flexibility index (Phi) is 1.29. The maximum Gasteiger partial charge on any atom is 0.166 e. The average Bonchev–Trinajstić information content (AvgIpc) is 2.57. The van der Waals surface area contributed by atoms with Crippen LogP contribution in [-0.4, -0.2) is 10.4 Å². The van der Waals surface area contributed by atoms with E-state index in [1.54, 1.807) is 0 Å². The second-order valence-corrected chi connectivity index (χ2v) is 3.71. The first-order valence-electron chi connectivity index (χ1n) is 4.78. The Hall–Kier alpha value is -1.31. The van der Waals surface area contributed by atoms with Gasteiger partial charge in [-0.25, -0.2) is 0 Å². The molecule has 1 aromatic heterocycles. The summed E-state index contributed by atoms with van der Waals surface area (Å²) in [6.45, 7) is 0.867. The molecule has 0 bridgehead atoms. The van der Waals surface area contributed by atoms with E-state index < -0.39 is 0 Å². The van der Waals surface area contributed by atoms with Crippen LogP contribution in [0, 0.1) is 0 Å². The van der Waals surface area contributed by atoms with Crippen molar-refractivity contribution >= 4 is 11.4 Å². The number of rotatable bonds is 0. The van der Waals surface area contributed by atoms with Gasteiger partial charge in [0.05, 0.1) is 5.69 Å². The highest BCUT2D eigenvalue weighted by Crippen LogP contribution is 2.32. The van der Waals surface area contributed by atoms with E-state index in [-0.39, 0.29) is 0 Å². The fourth-order valence-corrected chi connectivity index (χ4v) is 2.30. The molecule has 0 saturated heterocycles. The summed E-state index contributed by atoms with van der Waals surface area (Å²) in [4.78, 5) is 11.6. The molecule has 0 amide bonds. The molecule has 13 heavy (non-hydrogen) atoms. The van der Waals surface area contributed by atoms with Crippen molar-refractivity contribution in [2.24, 2.45) is 0 Å². The lowest BCUT2D eigenvalue weighted by Crippen LogP contribution is -2.19. The topological polar surface area (TPSA) is 22.0 Å². The summed E-state index contributed by atoms with van der Waals surface area (Å²) in [5, 5.41) is 0. The van der Waals surface area contributed by atoms with Crippen molar-refractivity contribution in [1.29, 1.82) is 0 Å². The molecule has 0 atom stereocenters. The Morgan fingerprint density at radius 1 is 1.31 bits per heavy atom. The van der Waals surface area contributed by atoms with Crippen LogP contribution >= 0.6 is 0 Å². The summed E-state index contributed by atoms with van der Waals surface area (Å²) in [7, 11) is 0. The van der Waals surface area contributed by atoms with Gasteiger partial charge < -0.3 is 4.57 Å².